The largest absolute Gasteiger partial charge is 0.398 e. The summed E-state index contributed by atoms with van der Waals surface area (Å²) in [4.78, 5) is 11.7. The van der Waals surface area contributed by atoms with Crippen molar-refractivity contribution in [1.82, 2.24) is 5.32 Å². The van der Waals surface area contributed by atoms with E-state index in [2.05, 4.69) is 5.32 Å². The van der Waals surface area contributed by atoms with Gasteiger partial charge >= 0.3 is 0 Å². The van der Waals surface area contributed by atoms with Crippen molar-refractivity contribution in [2.24, 2.45) is 0 Å². The molecule has 0 saturated heterocycles. The summed E-state index contributed by atoms with van der Waals surface area (Å²) in [6.45, 7) is 0.501. The molecule has 1 aromatic carbocycles. The minimum Gasteiger partial charge on any atom is -0.398 e. The molecule has 1 amide bonds. The number of hydrogen-bond acceptors (Lipinski definition) is 3. The number of carbonyl (C=O) groups is 1. The maximum Gasteiger partial charge on any atom is 0.251 e. The lowest BCUT2D eigenvalue weighted by molar-refractivity contribution is 0.0954. The summed E-state index contributed by atoms with van der Waals surface area (Å²) in [5.41, 5.74) is 6.46. The highest BCUT2D eigenvalue weighted by molar-refractivity contribution is 7.84. The molecular weight excluding hydrogens is 260 g/mol. The van der Waals surface area contributed by atoms with Gasteiger partial charge in [-0.2, -0.15) is 0 Å². The first-order valence-electron chi connectivity index (χ1n) is 5.14. The van der Waals surface area contributed by atoms with Crippen molar-refractivity contribution in [2.75, 3.05) is 24.3 Å². The highest BCUT2D eigenvalue weighted by atomic mass is 35.5. The van der Waals surface area contributed by atoms with Crippen molar-refractivity contribution in [3.8, 4) is 0 Å². The molecule has 1 unspecified atom stereocenters. The minimum atomic E-state index is -0.820. The lowest BCUT2D eigenvalue weighted by atomic mass is 10.2. The zero-order valence-electron chi connectivity index (χ0n) is 9.53. The normalized spacial score (nSPS) is 12.1. The molecular formula is C11H15ClN2O2S. The maximum absolute atomic E-state index is 11.7. The summed E-state index contributed by atoms with van der Waals surface area (Å²) in [5, 5.41) is 3.16. The zero-order valence-corrected chi connectivity index (χ0v) is 11.1. The number of halogens is 1. The SMILES string of the molecule is CS(=O)CCCNC(=O)c1ccc(Cl)c(N)c1. The summed E-state index contributed by atoms with van der Waals surface area (Å²) < 4.78 is 10.8. The van der Waals surface area contributed by atoms with Crippen LogP contribution < -0.4 is 11.1 Å². The molecule has 1 atom stereocenters. The molecule has 94 valence electrons. The second-order valence-electron chi connectivity index (χ2n) is 3.62. The molecule has 0 fully saturated rings. The number of nitrogens with one attached hydrogen (secondary N) is 1. The molecule has 0 heterocycles. The van der Waals surface area contributed by atoms with Crippen molar-refractivity contribution in [3.63, 3.8) is 0 Å². The third-order valence-electron chi connectivity index (χ3n) is 2.15. The first-order valence-corrected chi connectivity index (χ1v) is 7.24. The number of carbonyl (C=O) groups excluding carboxylic acids is 1. The second-order valence-corrected chi connectivity index (χ2v) is 5.58. The minimum absolute atomic E-state index is 0.199. The van der Waals surface area contributed by atoms with Gasteiger partial charge in [-0.25, -0.2) is 0 Å². The van der Waals surface area contributed by atoms with Crippen LogP contribution in [0.5, 0.6) is 0 Å². The van der Waals surface area contributed by atoms with Gasteiger partial charge < -0.3 is 11.1 Å². The maximum atomic E-state index is 11.7. The highest BCUT2D eigenvalue weighted by Gasteiger charge is 2.06. The average Bonchev–Trinajstić information content (AvgIpc) is 2.27. The average molecular weight is 275 g/mol. The van der Waals surface area contributed by atoms with Crippen LogP contribution in [-0.2, 0) is 10.8 Å². The number of rotatable bonds is 5. The molecule has 0 bridgehead atoms. The van der Waals surface area contributed by atoms with Crippen LogP contribution in [0.3, 0.4) is 0 Å². The third kappa shape index (κ3) is 4.75. The number of amides is 1. The number of nitrogen functional groups attached to an aromatic ring is 1. The van der Waals surface area contributed by atoms with Crippen LogP contribution in [0, 0.1) is 0 Å². The van der Waals surface area contributed by atoms with Gasteiger partial charge in [0.25, 0.3) is 5.91 Å². The molecule has 4 nitrogen and oxygen atoms in total. The molecule has 0 radical (unpaired) electrons. The fourth-order valence-electron chi connectivity index (χ4n) is 1.26. The summed E-state index contributed by atoms with van der Waals surface area (Å²) in [5.74, 6) is 0.388. The molecule has 0 aliphatic heterocycles. The Morgan fingerprint density at radius 2 is 2.24 bits per heavy atom. The van der Waals surface area contributed by atoms with Crippen molar-refractivity contribution in [1.29, 1.82) is 0 Å². The van der Waals surface area contributed by atoms with E-state index < -0.39 is 10.8 Å². The molecule has 3 N–H and O–H groups in total. The Morgan fingerprint density at radius 1 is 1.53 bits per heavy atom. The van der Waals surface area contributed by atoms with Crippen molar-refractivity contribution in [2.45, 2.75) is 6.42 Å². The molecule has 0 aromatic heterocycles. The molecule has 0 aliphatic carbocycles. The molecule has 1 rings (SSSR count). The Kier molecular flexibility index (Phi) is 5.44. The van der Waals surface area contributed by atoms with Crippen molar-refractivity contribution < 1.29 is 9.00 Å². The van der Waals surface area contributed by atoms with E-state index in [0.717, 1.165) is 0 Å². The molecule has 0 aliphatic rings. The van der Waals surface area contributed by atoms with Gasteiger partial charge in [0.1, 0.15) is 0 Å². The smallest absolute Gasteiger partial charge is 0.251 e. The van der Waals surface area contributed by atoms with E-state index in [1.165, 1.54) is 6.07 Å². The van der Waals surface area contributed by atoms with Gasteiger partial charge in [-0.1, -0.05) is 11.6 Å². The van der Waals surface area contributed by atoms with E-state index >= 15 is 0 Å². The van der Waals surface area contributed by atoms with Gasteiger partial charge in [-0.05, 0) is 24.6 Å². The van der Waals surface area contributed by atoms with E-state index in [4.69, 9.17) is 17.3 Å². The van der Waals surface area contributed by atoms with Gasteiger partial charge in [-0.15, -0.1) is 0 Å². The number of anilines is 1. The molecule has 17 heavy (non-hydrogen) atoms. The highest BCUT2D eigenvalue weighted by Crippen LogP contribution is 2.19. The summed E-state index contributed by atoms with van der Waals surface area (Å²) >= 11 is 5.76. The second kappa shape index (κ2) is 6.61. The predicted molar refractivity (Wildman–Crippen MR) is 71.7 cm³/mol. The van der Waals surface area contributed by atoms with Crippen molar-refractivity contribution in [3.05, 3.63) is 28.8 Å². The lowest BCUT2D eigenvalue weighted by Gasteiger charge is -2.06. The first-order chi connectivity index (χ1) is 8.00. The first kappa shape index (κ1) is 14.0. The topological polar surface area (TPSA) is 72.2 Å². The Morgan fingerprint density at radius 3 is 2.82 bits per heavy atom. The zero-order chi connectivity index (χ0) is 12.8. The Labute approximate surface area is 108 Å². The van der Waals surface area contributed by atoms with E-state index in [0.29, 0.717) is 35.0 Å². The van der Waals surface area contributed by atoms with Crippen LogP contribution in [0.2, 0.25) is 5.02 Å². The van der Waals surface area contributed by atoms with Gasteiger partial charge in [0.15, 0.2) is 0 Å². The van der Waals surface area contributed by atoms with Crippen LogP contribution in [0.1, 0.15) is 16.8 Å². The Balaban J connectivity index is 2.47. The van der Waals surface area contributed by atoms with Crippen LogP contribution in [0.25, 0.3) is 0 Å². The van der Waals surface area contributed by atoms with Crippen LogP contribution in [-0.4, -0.2) is 28.7 Å². The summed E-state index contributed by atoms with van der Waals surface area (Å²) in [7, 11) is -0.820. The number of nitrogens with two attached hydrogens (primary N) is 1. The Bertz CT molecular complexity index is 437. The van der Waals surface area contributed by atoms with Gasteiger partial charge in [0.2, 0.25) is 0 Å². The molecule has 0 spiro atoms. The van der Waals surface area contributed by atoms with E-state index in [9.17, 15) is 9.00 Å². The number of hydrogen-bond donors (Lipinski definition) is 2. The summed E-state index contributed by atoms with van der Waals surface area (Å²) in [6, 6.07) is 4.74. The van der Waals surface area contributed by atoms with Crippen molar-refractivity contribution >= 4 is 34.0 Å². The van der Waals surface area contributed by atoms with Gasteiger partial charge in [0, 0.05) is 34.9 Å². The van der Waals surface area contributed by atoms with E-state index in [1.807, 2.05) is 0 Å². The molecule has 1 aromatic rings. The van der Waals surface area contributed by atoms with Gasteiger partial charge in [-0.3, -0.25) is 9.00 Å². The fourth-order valence-corrected chi connectivity index (χ4v) is 1.93. The fraction of sp³-hybridized carbons (Fsp3) is 0.364. The molecule has 0 saturated carbocycles. The van der Waals surface area contributed by atoms with Crippen LogP contribution in [0.15, 0.2) is 18.2 Å². The summed E-state index contributed by atoms with van der Waals surface area (Å²) in [6.07, 6.45) is 2.33. The van der Waals surface area contributed by atoms with E-state index in [1.54, 1.807) is 18.4 Å². The van der Waals surface area contributed by atoms with E-state index in [-0.39, 0.29) is 5.91 Å². The third-order valence-corrected chi connectivity index (χ3v) is 3.36. The monoisotopic (exact) mass is 274 g/mol. The van der Waals surface area contributed by atoms with Gasteiger partial charge in [0.05, 0.1) is 10.7 Å². The quantitative estimate of drug-likeness (QED) is 0.630. The molecule has 6 heteroatoms. The van der Waals surface area contributed by atoms with Crippen LogP contribution >= 0.6 is 11.6 Å². The van der Waals surface area contributed by atoms with Crippen LogP contribution in [0.4, 0.5) is 5.69 Å². The standard InChI is InChI=1S/C11H15ClN2O2S/c1-17(16)6-2-5-14-11(15)8-3-4-9(12)10(13)7-8/h3-4,7H,2,5-6,13H2,1H3,(H,14,15). The number of benzene rings is 1. The predicted octanol–water partition coefficient (Wildman–Crippen LogP) is 1.42. The lowest BCUT2D eigenvalue weighted by Crippen LogP contribution is -2.25. The Hall–Kier alpha value is -1.07.